The summed E-state index contributed by atoms with van der Waals surface area (Å²) >= 11 is 0. The molecule has 0 spiro atoms. The van der Waals surface area contributed by atoms with Crippen molar-refractivity contribution in [1.29, 1.82) is 0 Å². The van der Waals surface area contributed by atoms with Crippen LogP contribution in [0.25, 0.3) is 0 Å². The molecule has 0 bridgehead atoms. The molecule has 0 saturated carbocycles. The molecule has 0 fully saturated rings. The van der Waals surface area contributed by atoms with E-state index < -0.39 is 0 Å². The van der Waals surface area contributed by atoms with Gasteiger partial charge in [-0.3, -0.25) is 4.99 Å². The van der Waals surface area contributed by atoms with Crippen LogP contribution < -0.4 is 15.4 Å². The molecule has 2 N–H and O–H groups in total. The number of hydrogen-bond acceptors (Lipinski definition) is 2. The van der Waals surface area contributed by atoms with E-state index in [0.717, 1.165) is 24.4 Å². The van der Waals surface area contributed by atoms with Gasteiger partial charge in [-0.15, -0.1) is 24.0 Å². The van der Waals surface area contributed by atoms with Crippen LogP contribution in [0.3, 0.4) is 0 Å². The average Bonchev–Trinajstić information content (AvgIpc) is 2.99. The molecule has 1 aliphatic rings. The van der Waals surface area contributed by atoms with Gasteiger partial charge in [0.25, 0.3) is 0 Å². The molecule has 0 atom stereocenters. The van der Waals surface area contributed by atoms with Crippen molar-refractivity contribution in [2.24, 2.45) is 4.99 Å². The number of ether oxygens (including phenoxy) is 1. The molecule has 22 heavy (non-hydrogen) atoms. The summed E-state index contributed by atoms with van der Waals surface area (Å²) in [7, 11) is 1.73. The van der Waals surface area contributed by atoms with Crippen molar-refractivity contribution in [3.05, 3.63) is 41.7 Å². The Morgan fingerprint density at radius 1 is 1.36 bits per heavy atom. The van der Waals surface area contributed by atoms with E-state index in [1.165, 1.54) is 6.07 Å². The fourth-order valence-corrected chi connectivity index (χ4v) is 2.24. The van der Waals surface area contributed by atoms with Gasteiger partial charge >= 0.3 is 0 Å². The Kier molecular flexibility index (Phi) is 8.22. The fourth-order valence-electron chi connectivity index (χ4n) is 2.24. The summed E-state index contributed by atoms with van der Waals surface area (Å²) in [6, 6.07) is 5.40. The SMILES string of the molecule is CCOc1ccc(CNC(=NC)NC2CC=CC2)cc1F.I. The van der Waals surface area contributed by atoms with Crippen molar-refractivity contribution in [3.63, 3.8) is 0 Å². The van der Waals surface area contributed by atoms with Gasteiger partial charge in [0.05, 0.1) is 6.61 Å². The molecule has 0 saturated heterocycles. The Hall–Kier alpha value is -1.31. The molecule has 0 aliphatic heterocycles. The van der Waals surface area contributed by atoms with Crippen LogP contribution in [0.2, 0.25) is 0 Å². The summed E-state index contributed by atoms with van der Waals surface area (Å²) in [5.74, 6) is 0.692. The summed E-state index contributed by atoms with van der Waals surface area (Å²) < 4.78 is 19.0. The zero-order valence-corrected chi connectivity index (χ0v) is 15.3. The van der Waals surface area contributed by atoms with Gasteiger partial charge in [0.15, 0.2) is 17.5 Å². The molecule has 0 aromatic heterocycles. The minimum atomic E-state index is -0.334. The maximum Gasteiger partial charge on any atom is 0.191 e. The Morgan fingerprint density at radius 2 is 2.09 bits per heavy atom. The highest BCUT2D eigenvalue weighted by Crippen LogP contribution is 2.18. The van der Waals surface area contributed by atoms with Crippen LogP contribution in [0.5, 0.6) is 5.75 Å². The molecule has 0 amide bonds. The quantitative estimate of drug-likeness (QED) is 0.334. The van der Waals surface area contributed by atoms with Crippen molar-refractivity contribution >= 4 is 29.9 Å². The number of nitrogens with one attached hydrogen (secondary N) is 2. The number of halogens is 2. The maximum absolute atomic E-state index is 13.8. The third kappa shape index (κ3) is 5.47. The van der Waals surface area contributed by atoms with Crippen molar-refractivity contribution in [2.45, 2.75) is 32.4 Å². The first-order chi connectivity index (χ1) is 10.2. The van der Waals surface area contributed by atoms with Gasteiger partial charge in [0.1, 0.15) is 0 Å². The summed E-state index contributed by atoms with van der Waals surface area (Å²) in [6.45, 7) is 2.81. The van der Waals surface area contributed by atoms with Gasteiger partial charge in [-0.2, -0.15) is 0 Å². The normalized spacial score (nSPS) is 14.6. The van der Waals surface area contributed by atoms with Crippen molar-refractivity contribution in [3.8, 4) is 5.75 Å². The second-order valence-electron chi connectivity index (χ2n) is 4.91. The van der Waals surface area contributed by atoms with E-state index >= 15 is 0 Å². The Morgan fingerprint density at radius 3 is 2.68 bits per heavy atom. The molecule has 0 heterocycles. The maximum atomic E-state index is 13.8. The smallest absolute Gasteiger partial charge is 0.191 e. The van der Waals surface area contributed by atoms with Crippen LogP contribution in [0.15, 0.2) is 35.3 Å². The van der Waals surface area contributed by atoms with Crippen LogP contribution in [0.4, 0.5) is 4.39 Å². The third-order valence-electron chi connectivity index (χ3n) is 3.33. The zero-order chi connectivity index (χ0) is 15.1. The second kappa shape index (κ2) is 9.66. The second-order valence-corrected chi connectivity index (χ2v) is 4.91. The summed E-state index contributed by atoms with van der Waals surface area (Å²) in [6.07, 6.45) is 6.34. The van der Waals surface area contributed by atoms with Gasteiger partial charge in [0, 0.05) is 19.6 Å². The fraction of sp³-hybridized carbons (Fsp3) is 0.438. The largest absolute Gasteiger partial charge is 0.491 e. The van der Waals surface area contributed by atoms with Crippen molar-refractivity contribution in [2.75, 3.05) is 13.7 Å². The summed E-state index contributed by atoms with van der Waals surface area (Å²) in [4.78, 5) is 4.18. The molecule has 6 heteroatoms. The van der Waals surface area contributed by atoms with E-state index in [0.29, 0.717) is 24.9 Å². The monoisotopic (exact) mass is 419 g/mol. The Bertz CT molecular complexity index is 526. The summed E-state index contributed by atoms with van der Waals surface area (Å²) in [5, 5.41) is 6.54. The van der Waals surface area contributed by atoms with E-state index in [1.54, 1.807) is 13.1 Å². The molecular formula is C16H23FIN3O. The minimum Gasteiger partial charge on any atom is -0.491 e. The highest BCUT2D eigenvalue weighted by Gasteiger charge is 2.11. The number of benzene rings is 1. The molecule has 1 aliphatic carbocycles. The lowest BCUT2D eigenvalue weighted by atomic mass is 10.2. The van der Waals surface area contributed by atoms with E-state index in [1.807, 2.05) is 13.0 Å². The Labute approximate surface area is 148 Å². The van der Waals surface area contributed by atoms with Crippen LogP contribution in [-0.4, -0.2) is 25.7 Å². The van der Waals surface area contributed by atoms with Gasteiger partial charge in [-0.25, -0.2) is 4.39 Å². The lowest BCUT2D eigenvalue weighted by Gasteiger charge is -2.17. The van der Waals surface area contributed by atoms with E-state index in [4.69, 9.17) is 4.74 Å². The number of nitrogens with zero attached hydrogens (tertiary/aromatic N) is 1. The van der Waals surface area contributed by atoms with Crippen LogP contribution in [-0.2, 0) is 6.54 Å². The van der Waals surface area contributed by atoms with Crippen LogP contribution in [0, 0.1) is 5.82 Å². The van der Waals surface area contributed by atoms with Gasteiger partial charge < -0.3 is 15.4 Å². The average molecular weight is 419 g/mol. The first kappa shape index (κ1) is 18.7. The zero-order valence-electron chi connectivity index (χ0n) is 12.9. The van der Waals surface area contributed by atoms with Gasteiger partial charge in [-0.05, 0) is 37.5 Å². The van der Waals surface area contributed by atoms with Gasteiger partial charge in [-0.1, -0.05) is 18.2 Å². The number of hydrogen-bond donors (Lipinski definition) is 2. The number of aliphatic imine (C=N–C) groups is 1. The van der Waals surface area contributed by atoms with Crippen LogP contribution >= 0.6 is 24.0 Å². The number of guanidine groups is 1. The predicted molar refractivity (Wildman–Crippen MR) is 98.5 cm³/mol. The van der Waals surface area contributed by atoms with Gasteiger partial charge in [0.2, 0.25) is 0 Å². The first-order valence-electron chi connectivity index (χ1n) is 7.26. The highest BCUT2D eigenvalue weighted by atomic mass is 127. The molecule has 1 aromatic rings. The number of rotatable bonds is 5. The van der Waals surface area contributed by atoms with Crippen LogP contribution in [0.1, 0.15) is 25.3 Å². The van der Waals surface area contributed by atoms with Crippen molar-refractivity contribution in [1.82, 2.24) is 10.6 Å². The molecule has 4 nitrogen and oxygen atoms in total. The molecular weight excluding hydrogens is 396 g/mol. The van der Waals surface area contributed by atoms with Crippen molar-refractivity contribution < 1.29 is 9.13 Å². The van der Waals surface area contributed by atoms with E-state index in [-0.39, 0.29) is 29.8 Å². The highest BCUT2D eigenvalue weighted by molar-refractivity contribution is 14.0. The van der Waals surface area contributed by atoms with E-state index in [9.17, 15) is 4.39 Å². The molecule has 122 valence electrons. The Balaban J connectivity index is 0.00000242. The standard InChI is InChI=1S/C16H22FN3O.HI/c1-3-21-15-9-8-12(10-14(15)17)11-19-16(18-2)20-13-6-4-5-7-13;/h4-5,8-10,13H,3,6-7,11H2,1-2H3,(H2,18,19,20);1H. The predicted octanol–water partition coefficient (Wildman–Crippen LogP) is 3.23. The molecule has 2 rings (SSSR count). The molecule has 0 radical (unpaired) electrons. The molecule has 1 aromatic carbocycles. The topological polar surface area (TPSA) is 45.6 Å². The first-order valence-corrected chi connectivity index (χ1v) is 7.26. The minimum absolute atomic E-state index is 0. The summed E-state index contributed by atoms with van der Waals surface area (Å²) in [5.41, 5.74) is 0.850. The third-order valence-corrected chi connectivity index (χ3v) is 3.33. The van der Waals surface area contributed by atoms with E-state index in [2.05, 4.69) is 27.8 Å². The molecule has 0 unspecified atom stereocenters. The lowest BCUT2D eigenvalue weighted by Crippen LogP contribution is -2.42. The lowest BCUT2D eigenvalue weighted by molar-refractivity contribution is 0.321.